The molecule has 0 aliphatic carbocycles. The number of ether oxygens (including phenoxy) is 10. The minimum atomic E-state index is -1.95. The standard InChI is InChI=1S/C61H63FO10/c62-60-58(68-41-50-32-18-6-19-33-50)57(55(66-39-48-28-14-4-15-29-48)52(70-60)43-63-36-45-22-8-1-9-23-45)72-61-59(69-42-51-34-20-7-21-35-51)56(67-40-49-30-16-5-17-31-49)54(65-38-47-26-12-3-13-27-47)53(71-61)44-64-37-46-24-10-2-11-25-46/h1-35,52-61H,36-44H2/t52-,53-,54+,55+,56+,57+,58-,59-,60?,61+/m1/s1. The molecule has 374 valence electrons. The molecule has 10 nitrogen and oxygen atoms in total. The maximum absolute atomic E-state index is 17.2. The molecule has 2 heterocycles. The lowest BCUT2D eigenvalue weighted by Gasteiger charge is -2.49. The van der Waals surface area contributed by atoms with E-state index in [1.54, 1.807) is 0 Å². The smallest absolute Gasteiger partial charge is 0.228 e. The van der Waals surface area contributed by atoms with Gasteiger partial charge >= 0.3 is 0 Å². The number of halogens is 1. The van der Waals surface area contributed by atoms with E-state index in [2.05, 4.69) is 0 Å². The molecular weight excluding hydrogens is 912 g/mol. The fourth-order valence-corrected chi connectivity index (χ4v) is 8.94. The van der Waals surface area contributed by atoms with Crippen molar-refractivity contribution in [2.75, 3.05) is 13.2 Å². The minimum Gasteiger partial charge on any atom is -0.374 e. The Labute approximate surface area is 422 Å². The first-order valence-corrected chi connectivity index (χ1v) is 24.7. The Kier molecular flexibility index (Phi) is 19.3. The third-order valence-corrected chi connectivity index (χ3v) is 12.7. The van der Waals surface area contributed by atoms with Crippen molar-refractivity contribution in [2.24, 2.45) is 0 Å². The maximum atomic E-state index is 17.2. The van der Waals surface area contributed by atoms with Crippen LogP contribution in [0, 0.1) is 0 Å². The second kappa shape index (κ2) is 27.2. The first kappa shape index (κ1) is 51.0. The SMILES string of the molecule is FC1O[C@H](COCc2ccccc2)[C@H](OCc2ccccc2)[C@H](O[C@@H]2O[C@H](COCc3ccccc3)[C@H](OCc3ccccc3)[C@H](OCc3ccccc3)[C@H]2OCc2ccccc2)[C@H]1OCc1ccccc1. The van der Waals surface area contributed by atoms with Gasteiger partial charge in [-0.15, -0.1) is 0 Å². The average Bonchev–Trinajstić information content (AvgIpc) is 3.43. The van der Waals surface area contributed by atoms with E-state index in [0.717, 1.165) is 38.9 Å². The zero-order chi connectivity index (χ0) is 49.0. The zero-order valence-corrected chi connectivity index (χ0v) is 40.3. The molecule has 2 saturated heterocycles. The molecule has 0 radical (unpaired) electrons. The van der Waals surface area contributed by atoms with Crippen LogP contribution in [0.15, 0.2) is 212 Å². The van der Waals surface area contributed by atoms with Crippen LogP contribution in [-0.4, -0.2) is 74.7 Å². The minimum absolute atomic E-state index is 0.00629. The number of hydrogen-bond donors (Lipinski definition) is 0. The molecule has 7 aromatic carbocycles. The van der Waals surface area contributed by atoms with Gasteiger partial charge in [0.25, 0.3) is 0 Å². The Balaban J connectivity index is 1.10. The van der Waals surface area contributed by atoms with Gasteiger partial charge in [0.15, 0.2) is 6.29 Å². The summed E-state index contributed by atoms with van der Waals surface area (Å²) in [7, 11) is 0. The van der Waals surface area contributed by atoms with Crippen LogP contribution in [0.4, 0.5) is 4.39 Å². The van der Waals surface area contributed by atoms with Crippen molar-refractivity contribution < 1.29 is 51.8 Å². The van der Waals surface area contributed by atoms with Crippen molar-refractivity contribution in [1.29, 1.82) is 0 Å². The molecule has 0 saturated carbocycles. The highest BCUT2D eigenvalue weighted by Crippen LogP contribution is 2.37. The molecular formula is C61H63FO10. The van der Waals surface area contributed by atoms with Gasteiger partial charge in [0.1, 0.15) is 48.8 Å². The molecule has 72 heavy (non-hydrogen) atoms. The summed E-state index contributed by atoms with van der Waals surface area (Å²) in [5.74, 6) is 0. The van der Waals surface area contributed by atoms with E-state index in [9.17, 15) is 0 Å². The summed E-state index contributed by atoms with van der Waals surface area (Å²) in [4.78, 5) is 0. The predicted octanol–water partition coefficient (Wildman–Crippen LogP) is 11.2. The first-order chi connectivity index (χ1) is 35.6. The van der Waals surface area contributed by atoms with Crippen LogP contribution < -0.4 is 0 Å². The molecule has 0 spiro atoms. The summed E-state index contributed by atoms with van der Waals surface area (Å²) in [6.07, 6.45) is -10.7. The van der Waals surface area contributed by atoms with Crippen molar-refractivity contribution in [1.82, 2.24) is 0 Å². The van der Waals surface area contributed by atoms with Gasteiger partial charge < -0.3 is 47.4 Å². The maximum Gasteiger partial charge on any atom is 0.228 e. The summed E-state index contributed by atoms with van der Waals surface area (Å²) in [5, 5.41) is 0. The normalized spacial score (nSPS) is 24.2. The Bertz CT molecular complexity index is 2550. The lowest BCUT2D eigenvalue weighted by Crippen LogP contribution is -2.66. The van der Waals surface area contributed by atoms with E-state index < -0.39 is 61.5 Å². The summed E-state index contributed by atoms with van der Waals surface area (Å²) in [5.41, 5.74) is 6.56. The highest BCUT2D eigenvalue weighted by molar-refractivity contribution is 5.19. The molecule has 0 amide bonds. The van der Waals surface area contributed by atoms with Crippen LogP contribution in [0.5, 0.6) is 0 Å². The highest BCUT2D eigenvalue weighted by atomic mass is 19.1. The van der Waals surface area contributed by atoms with Crippen molar-refractivity contribution >= 4 is 0 Å². The lowest BCUT2D eigenvalue weighted by molar-refractivity contribution is -0.370. The van der Waals surface area contributed by atoms with Gasteiger partial charge in [-0.25, -0.2) is 4.39 Å². The van der Waals surface area contributed by atoms with Gasteiger partial charge in [0, 0.05) is 0 Å². The molecule has 1 unspecified atom stereocenters. The van der Waals surface area contributed by atoms with E-state index >= 15 is 4.39 Å². The number of alkyl halides is 1. The van der Waals surface area contributed by atoms with Crippen molar-refractivity contribution in [3.8, 4) is 0 Å². The molecule has 7 aromatic rings. The van der Waals surface area contributed by atoms with E-state index in [4.69, 9.17) is 47.4 Å². The van der Waals surface area contributed by atoms with Gasteiger partial charge in [-0.05, 0) is 38.9 Å². The second-order valence-corrected chi connectivity index (χ2v) is 18.0. The summed E-state index contributed by atoms with van der Waals surface area (Å²) < 4.78 is 85.1. The molecule has 2 aliphatic heterocycles. The number of rotatable bonds is 25. The molecule has 0 aromatic heterocycles. The van der Waals surface area contributed by atoms with E-state index in [-0.39, 0.29) is 52.9 Å². The summed E-state index contributed by atoms with van der Waals surface area (Å²) in [6.45, 7) is 1.59. The van der Waals surface area contributed by atoms with E-state index in [1.165, 1.54) is 0 Å². The Morgan fingerprint density at radius 3 is 0.931 bits per heavy atom. The van der Waals surface area contributed by atoms with Crippen LogP contribution in [0.2, 0.25) is 0 Å². The number of benzene rings is 7. The van der Waals surface area contributed by atoms with E-state index in [0.29, 0.717) is 6.61 Å². The largest absolute Gasteiger partial charge is 0.374 e. The second-order valence-electron chi connectivity index (χ2n) is 18.0. The van der Waals surface area contributed by atoms with Gasteiger partial charge in [-0.2, -0.15) is 0 Å². The summed E-state index contributed by atoms with van der Waals surface area (Å²) >= 11 is 0. The molecule has 2 fully saturated rings. The Morgan fingerprint density at radius 1 is 0.292 bits per heavy atom. The van der Waals surface area contributed by atoms with Crippen LogP contribution >= 0.6 is 0 Å². The van der Waals surface area contributed by atoms with Crippen LogP contribution in [0.1, 0.15) is 38.9 Å². The fraction of sp³-hybridized carbons (Fsp3) is 0.311. The molecule has 11 heteroatoms. The van der Waals surface area contributed by atoms with Crippen molar-refractivity contribution in [3.05, 3.63) is 251 Å². The average molecular weight is 975 g/mol. The third-order valence-electron chi connectivity index (χ3n) is 12.7. The third kappa shape index (κ3) is 14.8. The van der Waals surface area contributed by atoms with Crippen LogP contribution in [0.25, 0.3) is 0 Å². The Hall–Kier alpha value is -5.93. The molecule has 0 N–H and O–H groups in total. The predicted molar refractivity (Wildman–Crippen MR) is 271 cm³/mol. The summed E-state index contributed by atoms with van der Waals surface area (Å²) in [6, 6.07) is 69.0. The van der Waals surface area contributed by atoms with Gasteiger partial charge in [-0.3, -0.25) is 0 Å². The number of hydrogen-bond acceptors (Lipinski definition) is 10. The van der Waals surface area contributed by atoms with Gasteiger partial charge in [0.05, 0.1) is 59.5 Å². The first-order valence-electron chi connectivity index (χ1n) is 24.7. The van der Waals surface area contributed by atoms with Gasteiger partial charge in [-0.1, -0.05) is 212 Å². The molecule has 10 atom stereocenters. The molecule has 9 rings (SSSR count). The lowest BCUT2D eigenvalue weighted by atomic mass is 9.96. The fourth-order valence-electron chi connectivity index (χ4n) is 8.94. The van der Waals surface area contributed by atoms with Crippen LogP contribution in [-0.2, 0) is 93.6 Å². The van der Waals surface area contributed by atoms with Crippen molar-refractivity contribution in [2.45, 2.75) is 108 Å². The highest BCUT2D eigenvalue weighted by Gasteiger charge is 2.55. The molecule has 2 aliphatic rings. The van der Waals surface area contributed by atoms with Crippen molar-refractivity contribution in [3.63, 3.8) is 0 Å². The zero-order valence-electron chi connectivity index (χ0n) is 40.3. The monoisotopic (exact) mass is 974 g/mol. The van der Waals surface area contributed by atoms with Gasteiger partial charge in [0.2, 0.25) is 6.36 Å². The Morgan fingerprint density at radius 2 is 0.569 bits per heavy atom. The quantitative estimate of drug-likeness (QED) is 0.0551. The van der Waals surface area contributed by atoms with Crippen LogP contribution in [0.3, 0.4) is 0 Å². The van der Waals surface area contributed by atoms with E-state index in [1.807, 2.05) is 212 Å². The molecule has 0 bridgehead atoms. The topological polar surface area (TPSA) is 92.3 Å².